The standard InChI is InChI=1S/C21H19OS2/c1-24(2)20-14-10-17(11-15-20)21(22)16-8-12-19(13-9-16)23-18-6-4-3-5-7-18/h3-15H,1-2H3/q+1. The molecule has 0 saturated carbocycles. The third-order valence-electron chi connectivity index (χ3n) is 3.68. The molecule has 0 N–H and O–H groups in total. The third kappa shape index (κ3) is 4.11. The van der Waals surface area contributed by atoms with Crippen molar-refractivity contribution in [2.45, 2.75) is 14.7 Å². The maximum Gasteiger partial charge on any atom is 0.193 e. The topological polar surface area (TPSA) is 17.1 Å². The number of hydrogen-bond acceptors (Lipinski definition) is 2. The molecule has 0 saturated heterocycles. The van der Waals surface area contributed by atoms with E-state index in [2.05, 4.69) is 36.8 Å². The van der Waals surface area contributed by atoms with E-state index >= 15 is 0 Å². The van der Waals surface area contributed by atoms with E-state index in [-0.39, 0.29) is 16.7 Å². The van der Waals surface area contributed by atoms with Crippen LogP contribution in [0.2, 0.25) is 0 Å². The predicted molar refractivity (Wildman–Crippen MR) is 104 cm³/mol. The van der Waals surface area contributed by atoms with Gasteiger partial charge in [0.15, 0.2) is 10.7 Å². The Hall–Kier alpha value is -1.97. The highest BCUT2D eigenvalue weighted by Crippen LogP contribution is 2.27. The Morgan fingerprint density at radius 3 is 1.75 bits per heavy atom. The van der Waals surface area contributed by atoms with Crippen LogP contribution in [0.15, 0.2) is 93.5 Å². The number of hydrogen-bond donors (Lipinski definition) is 0. The largest absolute Gasteiger partial charge is 0.289 e. The van der Waals surface area contributed by atoms with Gasteiger partial charge in [0, 0.05) is 31.8 Å². The molecule has 0 radical (unpaired) electrons. The SMILES string of the molecule is C[S+](C)c1ccc(C(=O)c2ccc(Sc3ccccc3)cc2)cc1. The van der Waals surface area contributed by atoms with E-state index < -0.39 is 0 Å². The van der Waals surface area contributed by atoms with Crippen molar-refractivity contribution in [1.29, 1.82) is 0 Å². The summed E-state index contributed by atoms with van der Waals surface area (Å²) in [6.07, 6.45) is 4.36. The fourth-order valence-corrected chi connectivity index (χ4v) is 3.86. The average molecular weight is 352 g/mol. The van der Waals surface area contributed by atoms with Gasteiger partial charge in [-0.15, -0.1) is 0 Å². The minimum absolute atomic E-state index is 0.0740. The van der Waals surface area contributed by atoms with E-state index in [0.717, 1.165) is 16.0 Å². The molecule has 1 nitrogen and oxygen atoms in total. The first-order valence-electron chi connectivity index (χ1n) is 7.69. The Labute approximate surface area is 150 Å². The highest BCUT2D eigenvalue weighted by molar-refractivity contribution is 7.99. The van der Waals surface area contributed by atoms with E-state index in [4.69, 9.17) is 0 Å². The van der Waals surface area contributed by atoms with Crippen molar-refractivity contribution in [2.24, 2.45) is 0 Å². The van der Waals surface area contributed by atoms with Gasteiger partial charge in [0.25, 0.3) is 0 Å². The van der Waals surface area contributed by atoms with Crippen molar-refractivity contribution in [2.75, 3.05) is 12.5 Å². The summed E-state index contributed by atoms with van der Waals surface area (Å²) in [6.45, 7) is 0. The molecule has 0 bridgehead atoms. The van der Waals surface area contributed by atoms with E-state index in [1.54, 1.807) is 11.8 Å². The van der Waals surface area contributed by atoms with Gasteiger partial charge in [0.2, 0.25) is 0 Å². The lowest BCUT2D eigenvalue weighted by atomic mass is 10.0. The van der Waals surface area contributed by atoms with Crippen LogP contribution in [0.25, 0.3) is 0 Å². The van der Waals surface area contributed by atoms with E-state index in [9.17, 15) is 4.79 Å². The Bertz CT molecular complexity index is 807. The molecule has 0 amide bonds. The molecule has 0 spiro atoms. The molecule has 0 atom stereocenters. The maximum absolute atomic E-state index is 12.6. The highest BCUT2D eigenvalue weighted by atomic mass is 32.2. The van der Waals surface area contributed by atoms with Crippen molar-refractivity contribution in [1.82, 2.24) is 0 Å². The lowest BCUT2D eigenvalue weighted by molar-refractivity contribution is 0.103. The first-order chi connectivity index (χ1) is 11.6. The molecule has 3 aromatic carbocycles. The van der Waals surface area contributed by atoms with Crippen molar-refractivity contribution in [3.8, 4) is 0 Å². The van der Waals surface area contributed by atoms with E-state index in [1.165, 1.54) is 9.79 Å². The highest BCUT2D eigenvalue weighted by Gasteiger charge is 2.12. The molecule has 0 aromatic heterocycles. The van der Waals surface area contributed by atoms with Crippen LogP contribution in [0.5, 0.6) is 0 Å². The number of benzene rings is 3. The van der Waals surface area contributed by atoms with Gasteiger partial charge < -0.3 is 0 Å². The van der Waals surface area contributed by atoms with Crippen molar-refractivity contribution >= 4 is 28.4 Å². The van der Waals surface area contributed by atoms with Crippen molar-refractivity contribution in [3.63, 3.8) is 0 Å². The quantitative estimate of drug-likeness (QED) is 0.458. The Morgan fingerprint density at radius 1 is 0.708 bits per heavy atom. The number of carbonyl (C=O) groups is 1. The van der Waals surface area contributed by atoms with Gasteiger partial charge in [-0.2, -0.15) is 0 Å². The Kier molecular flexibility index (Phi) is 5.44. The molecule has 0 aliphatic carbocycles. The summed E-state index contributed by atoms with van der Waals surface area (Å²) in [7, 11) is 0.218. The predicted octanol–water partition coefficient (Wildman–Crippen LogP) is 5.31. The molecule has 0 fully saturated rings. The maximum atomic E-state index is 12.6. The second-order valence-electron chi connectivity index (χ2n) is 5.61. The minimum atomic E-state index is 0.0740. The fraction of sp³-hybridized carbons (Fsp3) is 0.0952. The average Bonchev–Trinajstić information content (AvgIpc) is 2.63. The monoisotopic (exact) mass is 351 g/mol. The summed E-state index contributed by atoms with van der Waals surface area (Å²) < 4.78 is 0. The lowest BCUT2D eigenvalue weighted by Gasteiger charge is -2.05. The summed E-state index contributed by atoms with van der Waals surface area (Å²) in [6, 6.07) is 26.0. The van der Waals surface area contributed by atoms with Crippen molar-refractivity contribution in [3.05, 3.63) is 90.0 Å². The molecular formula is C21H19OS2+. The summed E-state index contributed by atoms with van der Waals surface area (Å²) in [5.41, 5.74) is 1.47. The summed E-state index contributed by atoms with van der Waals surface area (Å²) in [5.74, 6) is 0.0740. The van der Waals surface area contributed by atoms with E-state index in [0.29, 0.717) is 0 Å². The van der Waals surface area contributed by atoms with Gasteiger partial charge in [0.1, 0.15) is 12.5 Å². The molecule has 0 unspecified atom stereocenters. The summed E-state index contributed by atoms with van der Waals surface area (Å²) in [5, 5.41) is 0. The Balaban J connectivity index is 1.74. The summed E-state index contributed by atoms with van der Waals surface area (Å²) >= 11 is 1.70. The molecule has 0 heterocycles. The molecule has 0 aliphatic rings. The third-order valence-corrected chi connectivity index (χ3v) is 5.91. The van der Waals surface area contributed by atoms with Crippen LogP contribution in [0.1, 0.15) is 15.9 Å². The zero-order valence-electron chi connectivity index (χ0n) is 13.7. The first-order valence-corrected chi connectivity index (χ1v) is 10.5. The van der Waals surface area contributed by atoms with Crippen LogP contribution in [0.3, 0.4) is 0 Å². The zero-order valence-corrected chi connectivity index (χ0v) is 15.4. The molecule has 3 rings (SSSR count). The van der Waals surface area contributed by atoms with Gasteiger partial charge in [-0.3, -0.25) is 4.79 Å². The normalized spacial score (nSPS) is 10.8. The second-order valence-corrected chi connectivity index (χ2v) is 8.86. The van der Waals surface area contributed by atoms with Gasteiger partial charge >= 0.3 is 0 Å². The van der Waals surface area contributed by atoms with Gasteiger partial charge in [-0.25, -0.2) is 0 Å². The minimum Gasteiger partial charge on any atom is -0.289 e. The number of ketones is 1. The van der Waals surface area contributed by atoms with Crippen LogP contribution in [-0.4, -0.2) is 18.3 Å². The van der Waals surface area contributed by atoms with Crippen LogP contribution in [-0.2, 0) is 10.9 Å². The lowest BCUT2D eigenvalue weighted by Crippen LogP contribution is -2.02. The van der Waals surface area contributed by atoms with Crippen LogP contribution in [0.4, 0.5) is 0 Å². The van der Waals surface area contributed by atoms with Crippen molar-refractivity contribution < 1.29 is 4.79 Å². The Morgan fingerprint density at radius 2 is 1.21 bits per heavy atom. The van der Waals surface area contributed by atoms with Crippen LogP contribution < -0.4 is 0 Å². The van der Waals surface area contributed by atoms with Gasteiger partial charge in [-0.05, 0) is 60.7 Å². The first kappa shape index (κ1) is 16.9. The molecule has 0 aliphatic heterocycles. The van der Waals surface area contributed by atoms with Gasteiger partial charge in [0.05, 0.1) is 0 Å². The van der Waals surface area contributed by atoms with Gasteiger partial charge in [-0.1, -0.05) is 30.0 Å². The molecule has 3 aromatic rings. The smallest absolute Gasteiger partial charge is 0.193 e. The van der Waals surface area contributed by atoms with Crippen LogP contribution in [0, 0.1) is 0 Å². The molecule has 120 valence electrons. The number of rotatable bonds is 5. The molecule has 24 heavy (non-hydrogen) atoms. The number of carbonyl (C=O) groups excluding carboxylic acids is 1. The second kappa shape index (κ2) is 7.73. The van der Waals surface area contributed by atoms with Crippen LogP contribution >= 0.6 is 11.8 Å². The molecule has 3 heteroatoms. The zero-order chi connectivity index (χ0) is 16.9. The molecular weight excluding hydrogens is 332 g/mol. The fourth-order valence-electron chi connectivity index (χ4n) is 2.34. The summed E-state index contributed by atoms with van der Waals surface area (Å²) in [4.78, 5) is 16.2. The van der Waals surface area contributed by atoms with E-state index in [1.807, 2.05) is 54.6 Å².